The van der Waals surface area contributed by atoms with Gasteiger partial charge in [-0.25, -0.2) is 4.98 Å². The summed E-state index contributed by atoms with van der Waals surface area (Å²) in [6.45, 7) is 0. The van der Waals surface area contributed by atoms with Gasteiger partial charge in [-0.1, -0.05) is 0 Å². The summed E-state index contributed by atoms with van der Waals surface area (Å²) in [6, 6.07) is 4.59. The van der Waals surface area contributed by atoms with Gasteiger partial charge < -0.3 is 5.32 Å². The highest BCUT2D eigenvalue weighted by Gasteiger charge is 2.35. The van der Waals surface area contributed by atoms with E-state index < -0.39 is 6.04 Å². The number of nitrogens with one attached hydrogen (secondary N) is 1. The molecular formula is C11H10N4O2. The Morgan fingerprint density at radius 3 is 2.76 bits per heavy atom. The van der Waals surface area contributed by atoms with Crippen molar-refractivity contribution in [2.45, 2.75) is 12.5 Å². The number of nitrogens with zero attached hydrogens (tertiary/aromatic N) is 3. The highest BCUT2D eigenvalue weighted by molar-refractivity contribution is 6.06. The maximum Gasteiger partial charge on any atom is 0.251 e. The van der Waals surface area contributed by atoms with Gasteiger partial charge in [0.2, 0.25) is 5.91 Å². The second-order valence-corrected chi connectivity index (χ2v) is 3.74. The van der Waals surface area contributed by atoms with Crippen molar-refractivity contribution < 1.29 is 9.59 Å². The molecule has 2 heterocycles. The Kier molecular flexibility index (Phi) is 2.75. The number of hydrogen-bond donors (Lipinski definition) is 1. The molecule has 2 amide bonds. The third-order valence-corrected chi connectivity index (χ3v) is 2.60. The number of carbonyl (C=O) groups excluding carboxylic acids is 2. The molecular weight excluding hydrogens is 220 g/mol. The molecule has 0 radical (unpaired) electrons. The highest BCUT2D eigenvalue weighted by atomic mass is 16.2. The molecule has 17 heavy (non-hydrogen) atoms. The van der Waals surface area contributed by atoms with Gasteiger partial charge in [-0.05, 0) is 12.1 Å². The fraction of sp³-hybridized carbons (Fsp3) is 0.273. The Labute approximate surface area is 97.9 Å². The van der Waals surface area contributed by atoms with E-state index in [1.165, 1.54) is 13.2 Å². The molecule has 1 N–H and O–H groups in total. The van der Waals surface area contributed by atoms with E-state index in [4.69, 9.17) is 5.26 Å². The average molecular weight is 230 g/mol. The molecule has 1 aromatic rings. The maximum absolute atomic E-state index is 11.6. The Morgan fingerprint density at radius 1 is 1.53 bits per heavy atom. The fourth-order valence-electron chi connectivity index (χ4n) is 1.59. The van der Waals surface area contributed by atoms with Gasteiger partial charge in [0.05, 0.1) is 12.0 Å². The van der Waals surface area contributed by atoms with Crippen LogP contribution in [0.4, 0.5) is 5.82 Å². The standard InChI is InChI=1S/C11H10N4O2/c1-15-10(16)4-8(11(15)17)14-9-3-2-7(5-12)6-13-9/h2-3,6,8H,4H2,1H3,(H,13,14). The minimum atomic E-state index is -0.562. The van der Waals surface area contributed by atoms with Gasteiger partial charge in [-0.2, -0.15) is 5.26 Å². The third-order valence-electron chi connectivity index (χ3n) is 2.60. The molecule has 1 aliphatic heterocycles. The fourth-order valence-corrected chi connectivity index (χ4v) is 1.59. The van der Waals surface area contributed by atoms with Gasteiger partial charge in [0.25, 0.3) is 5.91 Å². The number of likely N-dealkylation sites (N-methyl/N-ethyl adjacent to an activating group) is 1. The maximum atomic E-state index is 11.6. The lowest BCUT2D eigenvalue weighted by Crippen LogP contribution is -2.32. The summed E-state index contributed by atoms with van der Waals surface area (Å²) in [5.41, 5.74) is 0.446. The SMILES string of the molecule is CN1C(=O)CC(Nc2ccc(C#N)cn2)C1=O. The topological polar surface area (TPSA) is 86.1 Å². The lowest BCUT2D eigenvalue weighted by Gasteiger charge is -2.11. The van der Waals surface area contributed by atoms with Gasteiger partial charge >= 0.3 is 0 Å². The van der Waals surface area contributed by atoms with E-state index in [1.807, 2.05) is 6.07 Å². The third kappa shape index (κ3) is 2.08. The van der Waals surface area contributed by atoms with E-state index in [0.717, 1.165) is 4.90 Å². The number of anilines is 1. The summed E-state index contributed by atoms with van der Waals surface area (Å²) < 4.78 is 0. The van der Waals surface area contributed by atoms with Crippen LogP contribution < -0.4 is 5.32 Å². The summed E-state index contributed by atoms with van der Waals surface area (Å²) in [6.07, 6.45) is 1.55. The molecule has 6 nitrogen and oxygen atoms in total. The Hall–Kier alpha value is -2.42. The average Bonchev–Trinajstić information content (AvgIpc) is 2.58. The predicted octanol–water partition coefficient (Wildman–Crippen LogP) is 0.122. The molecule has 0 bridgehead atoms. The van der Waals surface area contributed by atoms with E-state index in [-0.39, 0.29) is 18.2 Å². The molecule has 1 atom stereocenters. The number of pyridine rings is 1. The number of carbonyl (C=O) groups is 2. The minimum Gasteiger partial charge on any atom is -0.358 e. The molecule has 6 heteroatoms. The van der Waals surface area contributed by atoms with Crippen LogP contribution in [0, 0.1) is 11.3 Å². The number of likely N-dealkylation sites (tertiary alicyclic amines) is 1. The normalized spacial score (nSPS) is 19.3. The summed E-state index contributed by atoms with van der Waals surface area (Å²) in [5.74, 6) is 0.00718. The number of aromatic nitrogens is 1. The van der Waals surface area contributed by atoms with Crippen molar-refractivity contribution in [2.75, 3.05) is 12.4 Å². The number of amides is 2. The lowest BCUT2D eigenvalue weighted by atomic mass is 10.2. The molecule has 1 fully saturated rings. The van der Waals surface area contributed by atoms with Gasteiger partial charge in [-0.3, -0.25) is 14.5 Å². The van der Waals surface area contributed by atoms with Gasteiger partial charge in [0.15, 0.2) is 0 Å². The second kappa shape index (κ2) is 4.22. The molecule has 1 unspecified atom stereocenters. The summed E-state index contributed by atoms with van der Waals surface area (Å²) >= 11 is 0. The highest BCUT2D eigenvalue weighted by Crippen LogP contribution is 2.15. The van der Waals surface area contributed by atoms with Crippen LogP contribution in [-0.4, -0.2) is 34.8 Å². The first-order valence-corrected chi connectivity index (χ1v) is 5.05. The van der Waals surface area contributed by atoms with Crippen LogP contribution in [0.3, 0.4) is 0 Å². The smallest absolute Gasteiger partial charge is 0.251 e. The Morgan fingerprint density at radius 2 is 2.29 bits per heavy atom. The molecule has 0 aliphatic carbocycles. The summed E-state index contributed by atoms with van der Waals surface area (Å²) in [4.78, 5) is 28.0. The predicted molar refractivity (Wildman–Crippen MR) is 58.8 cm³/mol. The molecule has 0 aromatic carbocycles. The molecule has 86 valence electrons. The van der Waals surface area contributed by atoms with Crippen molar-refractivity contribution in [3.63, 3.8) is 0 Å². The zero-order chi connectivity index (χ0) is 12.4. The second-order valence-electron chi connectivity index (χ2n) is 3.74. The minimum absolute atomic E-state index is 0.136. The van der Waals surface area contributed by atoms with Crippen molar-refractivity contribution in [3.8, 4) is 6.07 Å². The number of nitriles is 1. The van der Waals surface area contributed by atoms with Crippen LogP contribution in [0.25, 0.3) is 0 Å². The van der Waals surface area contributed by atoms with Crippen molar-refractivity contribution in [1.29, 1.82) is 5.26 Å². The van der Waals surface area contributed by atoms with Crippen LogP contribution >= 0.6 is 0 Å². The molecule has 0 saturated carbocycles. The Bertz CT molecular complexity index is 503. The zero-order valence-electron chi connectivity index (χ0n) is 9.17. The first-order chi connectivity index (χ1) is 8.11. The van der Waals surface area contributed by atoms with Crippen molar-refractivity contribution >= 4 is 17.6 Å². The van der Waals surface area contributed by atoms with Crippen LogP contribution in [0.2, 0.25) is 0 Å². The summed E-state index contributed by atoms with van der Waals surface area (Å²) in [7, 11) is 1.46. The van der Waals surface area contributed by atoms with Gasteiger partial charge in [0.1, 0.15) is 17.9 Å². The van der Waals surface area contributed by atoms with Crippen LogP contribution in [0.15, 0.2) is 18.3 Å². The monoisotopic (exact) mass is 230 g/mol. The molecule has 1 aliphatic rings. The first-order valence-electron chi connectivity index (χ1n) is 5.05. The largest absolute Gasteiger partial charge is 0.358 e. The van der Waals surface area contributed by atoms with E-state index in [9.17, 15) is 9.59 Å². The van der Waals surface area contributed by atoms with Crippen LogP contribution in [0.5, 0.6) is 0 Å². The van der Waals surface area contributed by atoms with E-state index in [2.05, 4.69) is 10.3 Å². The number of rotatable bonds is 2. The van der Waals surface area contributed by atoms with Crippen molar-refractivity contribution in [1.82, 2.24) is 9.88 Å². The number of imide groups is 1. The van der Waals surface area contributed by atoms with E-state index in [1.54, 1.807) is 12.1 Å². The Balaban J connectivity index is 2.09. The quantitative estimate of drug-likeness (QED) is 0.729. The number of hydrogen-bond acceptors (Lipinski definition) is 5. The molecule has 2 rings (SSSR count). The summed E-state index contributed by atoms with van der Waals surface area (Å²) in [5, 5.41) is 11.5. The van der Waals surface area contributed by atoms with E-state index >= 15 is 0 Å². The molecule has 1 saturated heterocycles. The van der Waals surface area contributed by atoms with E-state index in [0.29, 0.717) is 11.4 Å². The lowest BCUT2D eigenvalue weighted by molar-refractivity contribution is -0.136. The van der Waals surface area contributed by atoms with Crippen molar-refractivity contribution in [2.24, 2.45) is 0 Å². The van der Waals surface area contributed by atoms with Gasteiger partial charge in [0, 0.05) is 13.2 Å². The van der Waals surface area contributed by atoms with Crippen LogP contribution in [0.1, 0.15) is 12.0 Å². The zero-order valence-corrected chi connectivity index (χ0v) is 9.17. The van der Waals surface area contributed by atoms with Crippen LogP contribution in [-0.2, 0) is 9.59 Å². The first kappa shape index (κ1) is 11.1. The molecule has 0 spiro atoms. The molecule has 1 aromatic heterocycles. The van der Waals surface area contributed by atoms with Crippen molar-refractivity contribution in [3.05, 3.63) is 23.9 Å². The van der Waals surface area contributed by atoms with Gasteiger partial charge in [-0.15, -0.1) is 0 Å².